The van der Waals surface area contributed by atoms with Crippen LogP contribution in [0.1, 0.15) is 40.5 Å². The number of likely N-dealkylation sites (tertiary alicyclic amines) is 1. The molecule has 6 nitrogen and oxygen atoms in total. The first-order valence-electron chi connectivity index (χ1n) is 6.58. The van der Waals surface area contributed by atoms with Gasteiger partial charge >= 0.3 is 6.09 Å². The van der Waals surface area contributed by atoms with E-state index < -0.39 is 17.3 Å². The average molecular weight is 275 g/mol. The number of carbonyl (C=O) groups is 1. The molecule has 112 valence electrons. The predicted molar refractivity (Wildman–Crippen MR) is 69.5 cm³/mol. The maximum Gasteiger partial charge on any atom is 0.410 e. The number of rotatable bonds is 4. The van der Waals surface area contributed by atoms with Gasteiger partial charge in [0.2, 0.25) is 0 Å². The molecule has 1 saturated heterocycles. The second-order valence-corrected chi connectivity index (χ2v) is 6.00. The van der Waals surface area contributed by atoms with Crippen LogP contribution in [0.15, 0.2) is 0 Å². The van der Waals surface area contributed by atoms with E-state index in [1.54, 1.807) is 0 Å². The van der Waals surface area contributed by atoms with Crippen molar-refractivity contribution in [3.63, 3.8) is 0 Å². The van der Waals surface area contributed by atoms with Crippen LogP contribution in [0.2, 0.25) is 0 Å². The van der Waals surface area contributed by atoms with E-state index in [1.807, 2.05) is 27.7 Å². The molecule has 0 aliphatic carbocycles. The van der Waals surface area contributed by atoms with Crippen LogP contribution in [0.4, 0.5) is 4.79 Å². The number of nitrogens with zero attached hydrogens (tertiary/aromatic N) is 1. The molecule has 1 N–H and O–H groups in total. The van der Waals surface area contributed by atoms with Crippen LogP contribution in [0.3, 0.4) is 0 Å². The van der Waals surface area contributed by atoms with Gasteiger partial charge in [-0.05, 0) is 27.2 Å². The molecule has 0 spiro atoms. The summed E-state index contributed by atoms with van der Waals surface area (Å²) < 4.78 is 5.35. The number of amides is 1. The van der Waals surface area contributed by atoms with E-state index in [0.29, 0.717) is 12.8 Å². The Bertz CT molecular complexity index is 315. The molecule has 1 aliphatic heterocycles. The van der Waals surface area contributed by atoms with Crippen molar-refractivity contribution >= 4 is 6.09 Å². The summed E-state index contributed by atoms with van der Waals surface area (Å²) in [6.07, 6.45) is 0.614. The molecule has 6 heteroatoms. The lowest BCUT2D eigenvalue weighted by molar-refractivity contribution is -0.278. The first-order valence-corrected chi connectivity index (χ1v) is 6.58. The van der Waals surface area contributed by atoms with Gasteiger partial charge < -0.3 is 9.84 Å². The topological polar surface area (TPSA) is 68.2 Å². The Hall–Kier alpha value is -0.850. The molecule has 1 rings (SSSR count). The predicted octanol–water partition coefficient (Wildman–Crippen LogP) is 1.71. The molecular weight excluding hydrogens is 250 g/mol. The molecule has 1 amide bonds. The van der Waals surface area contributed by atoms with Crippen molar-refractivity contribution in [1.82, 2.24) is 4.90 Å². The smallest absolute Gasteiger partial charge is 0.410 e. The highest BCUT2D eigenvalue weighted by atomic mass is 17.2. The summed E-state index contributed by atoms with van der Waals surface area (Å²) in [4.78, 5) is 23.1. The minimum absolute atomic E-state index is 0.220. The minimum Gasteiger partial charge on any atom is -0.444 e. The average Bonchev–Trinajstić information content (AvgIpc) is 2.63. The van der Waals surface area contributed by atoms with Gasteiger partial charge in [0.1, 0.15) is 12.2 Å². The van der Waals surface area contributed by atoms with Crippen LogP contribution in [-0.4, -0.2) is 53.6 Å². The zero-order valence-electron chi connectivity index (χ0n) is 12.4. The number of β-amino-alcohol motifs (C(OH)–C–C–N with tert-alkyl or cyclic N) is 1. The number of aliphatic hydroxyl groups is 1. The van der Waals surface area contributed by atoms with E-state index in [4.69, 9.17) is 9.62 Å². The largest absolute Gasteiger partial charge is 0.444 e. The van der Waals surface area contributed by atoms with E-state index in [0.717, 1.165) is 0 Å². The van der Waals surface area contributed by atoms with Crippen molar-refractivity contribution in [2.75, 3.05) is 20.3 Å². The molecule has 0 radical (unpaired) electrons. The number of hydrogen-bond donors (Lipinski definition) is 1. The number of ether oxygens (including phenoxy) is 1. The summed E-state index contributed by atoms with van der Waals surface area (Å²) >= 11 is 0. The zero-order chi connectivity index (χ0) is 14.7. The van der Waals surface area contributed by atoms with Crippen molar-refractivity contribution in [1.29, 1.82) is 0 Å². The lowest BCUT2D eigenvalue weighted by Gasteiger charge is -2.28. The molecule has 1 heterocycles. The van der Waals surface area contributed by atoms with Gasteiger partial charge in [0.05, 0.1) is 25.3 Å². The first kappa shape index (κ1) is 16.2. The Kier molecular flexibility index (Phi) is 5.18. The molecule has 0 saturated carbocycles. The second-order valence-electron chi connectivity index (χ2n) is 6.00. The Morgan fingerprint density at radius 3 is 2.58 bits per heavy atom. The van der Waals surface area contributed by atoms with Crippen molar-refractivity contribution in [2.45, 2.75) is 57.8 Å². The standard InChI is InChI=1S/C13H25NO5/c1-6-13(16)7-10(8-18-17-5)14(9-13)11(15)19-12(2,3)4/h10,16H,6-9H2,1-5H3/t10-,13?/m0/s1. The lowest BCUT2D eigenvalue weighted by Crippen LogP contribution is -2.42. The van der Waals surface area contributed by atoms with Gasteiger partial charge in [-0.2, -0.15) is 0 Å². The maximum absolute atomic E-state index is 12.1. The highest BCUT2D eigenvalue weighted by Crippen LogP contribution is 2.31. The van der Waals surface area contributed by atoms with Gasteiger partial charge in [-0.15, -0.1) is 0 Å². The quantitative estimate of drug-likeness (QED) is 0.625. The van der Waals surface area contributed by atoms with Crippen LogP contribution in [0, 0.1) is 0 Å². The maximum atomic E-state index is 12.1. The Labute approximate surface area is 114 Å². The summed E-state index contributed by atoms with van der Waals surface area (Å²) in [7, 11) is 1.42. The van der Waals surface area contributed by atoms with E-state index in [9.17, 15) is 9.90 Å². The third-order valence-electron chi connectivity index (χ3n) is 3.19. The van der Waals surface area contributed by atoms with Gasteiger partial charge in [-0.3, -0.25) is 4.90 Å². The van der Waals surface area contributed by atoms with Crippen LogP contribution >= 0.6 is 0 Å². The van der Waals surface area contributed by atoms with Crippen molar-refractivity contribution in [2.24, 2.45) is 0 Å². The molecule has 0 aromatic carbocycles. The highest BCUT2D eigenvalue weighted by molar-refractivity contribution is 5.69. The van der Waals surface area contributed by atoms with Crippen LogP contribution in [0.5, 0.6) is 0 Å². The molecule has 1 aliphatic rings. The summed E-state index contributed by atoms with van der Waals surface area (Å²) in [6.45, 7) is 7.82. The van der Waals surface area contributed by atoms with Gasteiger partial charge in [0.15, 0.2) is 0 Å². The van der Waals surface area contributed by atoms with Gasteiger partial charge in [-0.25, -0.2) is 14.6 Å². The van der Waals surface area contributed by atoms with Crippen LogP contribution < -0.4 is 0 Å². The third kappa shape index (κ3) is 4.63. The summed E-state index contributed by atoms with van der Waals surface area (Å²) in [6, 6.07) is -0.236. The second kappa shape index (κ2) is 6.07. The monoisotopic (exact) mass is 275 g/mol. The van der Waals surface area contributed by atoms with Crippen molar-refractivity contribution < 1.29 is 24.4 Å². The fourth-order valence-corrected chi connectivity index (χ4v) is 2.15. The van der Waals surface area contributed by atoms with E-state index >= 15 is 0 Å². The summed E-state index contributed by atoms with van der Waals surface area (Å²) in [5.41, 5.74) is -1.44. The van der Waals surface area contributed by atoms with Crippen LogP contribution in [0.25, 0.3) is 0 Å². The third-order valence-corrected chi connectivity index (χ3v) is 3.19. The molecular formula is C13H25NO5. The zero-order valence-corrected chi connectivity index (χ0v) is 12.4. The molecule has 0 aromatic heterocycles. The Morgan fingerprint density at radius 2 is 2.11 bits per heavy atom. The Morgan fingerprint density at radius 1 is 1.47 bits per heavy atom. The van der Waals surface area contributed by atoms with Crippen molar-refractivity contribution in [3.05, 3.63) is 0 Å². The van der Waals surface area contributed by atoms with E-state index in [1.165, 1.54) is 12.0 Å². The molecule has 0 aromatic rings. The number of carbonyl (C=O) groups excluding carboxylic acids is 1. The normalized spacial score (nSPS) is 27.7. The van der Waals surface area contributed by atoms with E-state index in [-0.39, 0.29) is 19.2 Å². The van der Waals surface area contributed by atoms with Crippen molar-refractivity contribution in [3.8, 4) is 0 Å². The minimum atomic E-state index is -0.876. The Balaban J connectivity index is 2.74. The summed E-state index contributed by atoms with van der Waals surface area (Å²) in [5.74, 6) is 0. The SMILES string of the molecule is CCC1(O)C[C@@H](COOC)N(C(=O)OC(C)(C)C)C1. The first-order chi connectivity index (χ1) is 8.71. The lowest BCUT2D eigenvalue weighted by atomic mass is 9.98. The van der Waals surface area contributed by atoms with Crippen LogP contribution in [-0.2, 0) is 14.5 Å². The molecule has 0 bridgehead atoms. The molecule has 2 atom stereocenters. The fraction of sp³-hybridized carbons (Fsp3) is 0.923. The van der Waals surface area contributed by atoms with Gasteiger partial charge in [-0.1, -0.05) is 6.92 Å². The van der Waals surface area contributed by atoms with Gasteiger partial charge in [0.25, 0.3) is 0 Å². The number of hydrogen-bond acceptors (Lipinski definition) is 5. The fourth-order valence-electron chi connectivity index (χ4n) is 2.15. The van der Waals surface area contributed by atoms with E-state index in [2.05, 4.69) is 4.89 Å². The summed E-state index contributed by atoms with van der Waals surface area (Å²) in [5, 5.41) is 10.3. The molecule has 19 heavy (non-hydrogen) atoms. The molecule has 1 unspecified atom stereocenters. The van der Waals surface area contributed by atoms with Gasteiger partial charge in [0, 0.05) is 6.42 Å². The molecule has 1 fully saturated rings. The highest BCUT2D eigenvalue weighted by Gasteiger charge is 2.45.